The minimum absolute atomic E-state index is 0.0711. The fourth-order valence-electron chi connectivity index (χ4n) is 6.52. The molecule has 0 amide bonds. The number of unbranched alkanes of at least 4 members (excludes halogenated alkanes) is 21. The van der Waals surface area contributed by atoms with Crippen LogP contribution in [0.1, 0.15) is 226 Å². The average molecular weight is 809 g/mol. The lowest BCUT2D eigenvalue weighted by atomic mass is 10.1. The molecule has 0 heterocycles. The molecule has 0 aliphatic heterocycles. The molecule has 0 aromatic rings. The fourth-order valence-corrected chi connectivity index (χ4v) is 6.52. The van der Waals surface area contributed by atoms with Crippen LogP contribution in [0.15, 0.2) is 72.9 Å². The van der Waals surface area contributed by atoms with Gasteiger partial charge in [0.2, 0.25) is 0 Å². The van der Waals surface area contributed by atoms with Crippen LogP contribution in [0, 0.1) is 0 Å². The van der Waals surface area contributed by atoms with Gasteiger partial charge in [-0.25, -0.2) is 0 Å². The summed E-state index contributed by atoms with van der Waals surface area (Å²) in [7, 11) is 0. The molecule has 334 valence electrons. The summed E-state index contributed by atoms with van der Waals surface area (Å²) < 4.78 is 17.3. The van der Waals surface area contributed by atoms with E-state index in [1.54, 1.807) is 0 Å². The molecule has 0 aliphatic rings. The van der Waals surface area contributed by atoms with Crippen LogP contribution in [0.4, 0.5) is 0 Å². The van der Waals surface area contributed by atoms with Crippen molar-refractivity contribution in [3.8, 4) is 0 Å². The van der Waals surface area contributed by atoms with Crippen molar-refractivity contribution in [3.63, 3.8) is 0 Å². The Bertz CT molecular complexity index is 1050. The van der Waals surface area contributed by atoms with Gasteiger partial charge in [-0.1, -0.05) is 190 Å². The monoisotopic (exact) mass is 809 g/mol. The molecule has 0 aliphatic carbocycles. The minimum atomic E-state index is -0.550. The van der Waals surface area contributed by atoms with Crippen molar-refractivity contribution in [2.75, 3.05) is 19.8 Å². The van der Waals surface area contributed by atoms with Crippen molar-refractivity contribution in [1.29, 1.82) is 0 Å². The van der Waals surface area contributed by atoms with E-state index in [0.717, 1.165) is 89.9 Å². The highest BCUT2D eigenvalue weighted by atomic mass is 16.6. The maximum Gasteiger partial charge on any atom is 0.306 e. The molecule has 0 N–H and O–H groups in total. The van der Waals surface area contributed by atoms with Crippen LogP contribution in [0.25, 0.3) is 0 Å². The quantitative estimate of drug-likeness (QED) is 0.0348. The summed E-state index contributed by atoms with van der Waals surface area (Å²) in [6.45, 7) is 7.60. The zero-order valence-electron chi connectivity index (χ0n) is 38.3. The maximum atomic E-state index is 12.7. The summed E-state index contributed by atoms with van der Waals surface area (Å²) in [6, 6.07) is 0. The Morgan fingerprint density at radius 1 is 0.397 bits per heavy atom. The number of rotatable bonds is 44. The van der Waals surface area contributed by atoms with Crippen molar-refractivity contribution in [3.05, 3.63) is 72.9 Å². The van der Waals surface area contributed by atoms with E-state index in [1.165, 1.54) is 103 Å². The lowest BCUT2D eigenvalue weighted by molar-refractivity contribution is -0.163. The summed E-state index contributed by atoms with van der Waals surface area (Å²) in [4.78, 5) is 25.2. The zero-order valence-corrected chi connectivity index (χ0v) is 38.3. The van der Waals surface area contributed by atoms with Gasteiger partial charge >= 0.3 is 11.9 Å². The average Bonchev–Trinajstić information content (AvgIpc) is 3.22. The summed E-state index contributed by atoms with van der Waals surface area (Å²) in [5.41, 5.74) is 0. The second-order valence-electron chi connectivity index (χ2n) is 16.0. The van der Waals surface area contributed by atoms with E-state index in [0.29, 0.717) is 19.4 Å². The number of allylic oxidation sites excluding steroid dienone is 12. The van der Waals surface area contributed by atoms with Crippen LogP contribution in [0.2, 0.25) is 0 Å². The van der Waals surface area contributed by atoms with Gasteiger partial charge in [-0.2, -0.15) is 0 Å². The topological polar surface area (TPSA) is 61.8 Å². The van der Waals surface area contributed by atoms with E-state index in [-0.39, 0.29) is 25.2 Å². The van der Waals surface area contributed by atoms with Gasteiger partial charge in [0, 0.05) is 19.4 Å². The highest BCUT2D eigenvalue weighted by Crippen LogP contribution is 2.13. The molecular formula is C53H92O5. The van der Waals surface area contributed by atoms with Crippen molar-refractivity contribution in [1.82, 2.24) is 0 Å². The summed E-state index contributed by atoms with van der Waals surface area (Å²) in [6.07, 6.45) is 61.9. The van der Waals surface area contributed by atoms with Gasteiger partial charge in [-0.15, -0.1) is 0 Å². The normalized spacial score (nSPS) is 12.8. The Kier molecular flexibility index (Phi) is 46.5. The van der Waals surface area contributed by atoms with Gasteiger partial charge in [0.05, 0.1) is 6.61 Å². The number of hydrogen-bond donors (Lipinski definition) is 0. The van der Waals surface area contributed by atoms with Crippen LogP contribution in [-0.4, -0.2) is 37.9 Å². The first-order chi connectivity index (χ1) is 28.6. The highest BCUT2D eigenvalue weighted by molar-refractivity contribution is 5.70. The van der Waals surface area contributed by atoms with Crippen molar-refractivity contribution < 1.29 is 23.8 Å². The molecule has 0 saturated carbocycles. The third kappa shape index (κ3) is 46.0. The Labute approximate surface area is 359 Å². The number of carbonyl (C=O) groups is 2. The van der Waals surface area contributed by atoms with E-state index in [9.17, 15) is 9.59 Å². The number of esters is 2. The predicted octanol–water partition coefficient (Wildman–Crippen LogP) is 16.3. The van der Waals surface area contributed by atoms with E-state index >= 15 is 0 Å². The van der Waals surface area contributed by atoms with Gasteiger partial charge in [0.25, 0.3) is 0 Å². The SMILES string of the molecule is CC/C=C\C/C=C\C/C=C\C/C=C\CCCCCCCCCOCC(COC(=O)CCCCCCC/C=C\CCCC)OC(=O)CCCCCCC/C=C\CCCC. The Morgan fingerprint density at radius 2 is 0.776 bits per heavy atom. The summed E-state index contributed by atoms with van der Waals surface area (Å²) in [5, 5.41) is 0. The van der Waals surface area contributed by atoms with E-state index < -0.39 is 6.10 Å². The van der Waals surface area contributed by atoms with Crippen molar-refractivity contribution >= 4 is 11.9 Å². The molecule has 0 fully saturated rings. The van der Waals surface area contributed by atoms with Crippen LogP contribution < -0.4 is 0 Å². The molecule has 5 nitrogen and oxygen atoms in total. The van der Waals surface area contributed by atoms with Crippen LogP contribution in [0.3, 0.4) is 0 Å². The minimum Gasteiger partial charge on any atom is -0.462 e. The molecule has 0 rings (SSSR count). The van der Waals surface area contributed by atoms with E-state index in [2.05, 4.69) is 93.7 Å². The maximum absolute atomic E-state index is 12.7. The molecule has 0 radical (unpaired) electrons. The fraction of sp³-hybridized carbons (Fsp3) is 0.736. The van der Waals surface area contributed by atoms with Crippen molar-refractivity contribution in [2.24, 2.45) is 0 Å². The van der Waals surface area contributed by atoms with Gasteiger partial charge in [-0.3, -0.25) is 9.59 Å². The van der Waals surface area contributed by atoms with E-state index in [4.69, 9.17) is 14.2 Å². The smallest absolute Gasteiger partial charge is 0.306 e. The molecule has 0 aromatic carbocycles. The third-order valence-corrected chi connectivity index (χ3v) is 10.2. The Morgan fingerprint density at radius 3 is 1.26 bits per heavy atom. The third-order valence-electron chi connectivity index (χ3n) is 10.2. The molecule has 1 unspecified atom stereocenters. The number of carbonyl (C=O) groups excluding carboxylic acids is 2. The highest BCUT2D eigenvalue weighted by Gasteiger charge is 2.17. The molecular weight excluding hydrogens is 717 g/mol. The summed E-state index contributed by atoms with van der Waals surface area (Å²) >= 11 is 0. The van der Waals surface area contributed by atoms with Gasteiger partial charge in [-0.05, 0) is 96.3 Å². The molecule has 0 aromatic heterocycles. The lowest BCUT2D eigenvalue weighted by Crippen LogP contribution is -2.30. The Hall–Kier alpha value is -2.66. The molecule has 0 bridgehead atoms. The molecule has 58 heavy (non-hydrogen) atoms. The lowest BCUT2D eigenvalue weighted by Gasteiger charge is -2.18. The predicted molar refractivity (Wildman–Crippen MR) is 251 cm³/mol. The van der Waals surface area contributed by atoms with E-state index in [1.807, 2.05) is 0 Å². The van der Waals surface area contributed by atoms with Crippen LogP contribution in [-0.2, 0) is 23.8 Å². The number of hydrogen-bond acceptors (Lipinski definition) is 5. The first kappa shape index (κ1) is 55.3. The van der Waals surface area contributed by atoms with Gasteiger partial charge in [0.15, 0.2) is 6.10 Å². The molecule has 0 spiro atoms. The molecule has 1 atom stereocenters. The van der Waals surface area contributed by atoms with Gasteiger partial charge < -0.3 is 14.2 Å². The second kappa shape index (κ2) is 48.7. The summed E-state index contributed by atoms with van der Waals surface area (Å²) in [5.74, 6) is -0.427. The zero-order chi connectivity index (χ0) is 42.1. The van der Waals surface area contributed by atoms with Crippen molar-refractivity contribution in [2.45, 2.75) is 232 Å². The van der Waals surface area contributed by atoms with Crippen LogP contribution in [0.5, 0.6) is 0 Å². The van der Waals surface area contributed by atoms with Gasteiger partial charge in [0.1, 0.15) is 6.61 Å². The Balaban J connectivity index is 4.24. The second-order valence-corrected chi connectivity index (χ2v) is 16.0. The standard InChI is InChI=1S/C53H92O5/c1-4-7-10-13-16-19-22-23-24-25-26-27-28-29-30-33-36-39-42-45-48-56-49-51(58-53(55)47-44-41-38-35-32-21-18-15-12-9-6-3)50-57-52(54)46-43-40-37-34-31-20-17-14-11-8-5-2/h7,10,14-19,23-24,26-27,51H,4-6,8-9,11-13,20-22,25,28-50H2,1-3H3/b10-7-,17-14-,18-15-,19-16-,24-23-,27-26-. The largest absolute Gasteiger partial charge is 0.462 e. The molecule has 0 saturated heterocycles. The number of ether oxygens (including phenoxy) is 3. The molecule has 5 heteroatoms. The first-order valence-electron chi connectivity index (χ1n) is 24.5. The first-order valence-corrected chi connectivity index (χ1v) is 24.5. The van der Waals surface area contributed by atoms with Crippen LogP contribution >= 0.6 is 0 Å².